The van der Waals surface area contributed by atoms with Gasteiger partial charge in [0, 0.05) is 24.2 Å². The highest BCUT2D eigenvalue weighted by Crippen LogP contribution is 2.29. The van der Waals surface area contributed by atoms with Crippen LogP contribution in [0.15, 0.2) is 52.4 Å². The van der Waals surface area contributed by atoms with Crippen molar-refractivity contribution in [2.24, 2.45) is 0 Å². The summed E-state index contributed by atoms with van der Waals surface area (Å²) in [6, 6.07) is 12.9. The van der Waals surface area contributed by atoms with Gasteiger partial charge in [-0.3, -0.25) is 4.79 Å². The first kappa shape index (κ1) is 25.2. The molecule has 0 unspecified atom stereocenters. The number of rotatable bonds is 8. The molecule has 0 aliphatic rings. The first-order chi connectivity index (χ1) is 15.6. The van der Waals surface area contributed by atoms with E-state index in [4.69, 9.17) is 0 Å². The van der Waals surface area contributed by atoms with Gasteiger partial charge in [-0.2, -0.15) is 4.31 Å². The molecule has 1 atom stereocenters. The zero-order valence-electron chi connectivity index (χ0n) is 20.0. The van der Waals surface area contributed by atoms with E-state index >= 15 is 0 Å². The van der Waals surface area contributed by atoms with Gasteiger partial charge in [-0.05, 0) is 69.2 Å². The minimum absolute atomic E-state index is 0.0906. The number of aromatic nitrogens is 1. The van der Waals surface area contributed by atoms with Gasteiger partial charge in [-0.25, -0.2) is 13.4 Å². The molecule has 3 rings (SSSR count). The standard InChI is InChI=1S/C25H31N3O3S2/c1-7-28(8-2)33(30,31)20-10-12-23-21(15-20)17(4)14-24(26-23)32-19(6)25(29)27-22-11-9-16(3)13-18(22)5/h9-15,19H,7-8H2,1-6H3,(H,27,29)/t19-/m0/s1. The summed E-state index contributed by atoms with van der Waals surface area (Å²) < 4.78 is 27.2. The van der Waals surface area contributed by atoms with E-state index in [0.29, 0.717) is 18.6 Å². The predicted molar refractivity (Wildman–Crippen MR) is 136 cm³/mol. The van der Waals surface area contributed by atoms with Crippen LogP contribution in [0.25, 0.3) is 10.9 Å². The molecular formula is C25H31N3O3S2. The lowest BCUT2D eigenvalue weighted by atomic mass is 10.1. The molecule has 1 heterocycles. The van der Waals surface area contributed by atoms with Gasteiger partial charge >= 0.3 is 0 Å². The average molecular weight is 486 g/mol. The van der Waals surface area contributed by atoms with Crippen LogP contribution in [-0.4, -0.2) is 42.0 Å². The van der Waals surface area contributed by atoms with Crippen LogP contribution < -0.4 is 5.32 Å². The van der Waals surface area contributed by atoms with Gasteiger partial charge in [0.15, 0.2) is 0 Å². The molecule has 8 heteroatoms. The second-order valence-electron chi connectivity index (χ2n) is 8.11. The molecule has 0 bridgehead atoms. The highest BCUT2D eigenvalue weighted by Gasteiger charge is 2.22. The molecule has 6 nitrogen and oxygen atoms in total. The van der Waals surface area contributed by atoms with Gasteiger partial charge in [0.25, 0.3) is 0 Å². The third kappa shape index (κ3) is 5.57. The molecule has 1 amide bonds. The molecule has 0 saturated carbocycles. The van der Waals surface area contributed by atoms with E-state index in [1.807, 2.05) is 65.8 Å². The van der Waals surface area contributed by atoms with E-state index < -0.39 is 10.0 Å². The Balaban J connectivity index is 1.82. The van der Waals surface area contributed by atoms with Crippen LogP contribution in [0, 0.1) is 20.8 Å². The number of sulfonamides is 1. The number of nitrogens with zero attached hydrogens (tertiary/aromatic N) is 2. The van der Waals surface area contributed by atoms with Crippen LogP contribution in [0.1, 0.15) is 37.5 Å². The van der Waals surface area contributed by atoms with E-state index in [1.165, 1.54) is 16.1 Å². The smallest absolute Gasteiger partial charge is 0.243 e. The van der Waals surface area contributed by atoms with Gasteiger partial charge in [0.1, 0.15) is 0 Å². The number of nitrogens with one attached hydrogen (secondary N) is 1. The van der Waals surface area contributed by atoms with Crippen molar-refractivity contribution >= 4 is 44.3 Å². The molecule has 3 aromatic rings. The van der Waals surface area contributed by atoms with Crippen molar-refractivity contribution in [1.82, 2.24) is 9.29 Å². The minimum Gasteiger partial charge on any atom is -0.325 e. The molecule has 2 aromatic carbocycles. The largest absolute Gasteiger partial charge is 0.325 e. The summed E-state index contributed by atoms with van der Waals surface area (Å²) in [7, 11) is -3.54. The van der Waals surface area contributed by atoms with E-state index in [1.54, 1.807) is 18.2 Å². The first-order valence-corrected chi connectivity index (χ1v) is 13.3. The SMILES string of the molecule is CCN(CC)S(=O)(=O)c1ccc2nc(S[C@@H](C)C(=O)Nc3ccc(C)cc3C)cc(C)c2c1. The Labute approximate surface area is 200 Å². The molecule has 0 spiro atoms. The lowest BCUT2D eigenvalue weighted by Gasteiger charge is -2.19. The zero-order valence-corrected chi connectivity index (χ0v) is 21.6. The molecule has 0 aliphatic carbocycles. The Hall–Kier alpha value is -2.42. The molecule has 0 saturated heterocycles. The number of pyridine rings is 1. The number of carbonyl (C=O) groups is 1. The molecule has 0 aliphatic heterocycles. The maximum Gasteiger partial charge on any atom is 0.243 e. The number of hydrogen-bond acceptors (Lipinski definition) is 5. The van der Waals surface area contributed by atoms with Gasteiger partial charge in [-0.15, -0.1) is 0 Å². The Morgan fingerprint density at radius 1 is 1.03 bits per heavy atom. The molecule has 1 N–H and O–H groups in total. The average Bonchev–Trinajstić information content (AvgIpc) is 2.76. The van der Waals surface area contributed by atoms with Crippen molar-refractivity contribution in [2.45, 2.75) is 56.7 Å². The normalized spacial score (nSPS) is 12.8. The number of benzene rings is 2. The second-order valence-corrected chi connectivity index (χ2v) is 11.4. The highest BCUT2D eigenvalue weighted by molar-refractivity contribution is 8.00. The van der Waals surface area contributed by atoms with Crippen molar-refractivity contribution in [1.29, 1.82) is 0 Å². The van der Waals surface area contributed by atoms with Crippen molar-refractivity contribution in [3.63, 3.8) is 0 Å². The van der Waals surface area contributed by atoms with Crippen LogP contribution in [0.4, 0.5) is 5.69 Å². The number of aryl methyl sites for hydroxylation is 3. The molecule has 0 radical (unpaired) electrons. The first-order valence-electron chi connectivity index (χ1n) is 11.0. The summed E-state index contributed by atoms with van der Waals surface area (Å²) in [5, 5.41) is 4.16. The van der Waals surface area contributed by atoms with E-state index in [0.717, 1.165) is 32.8 Å². The lowest BCUT2D eigenvalue weighted by Crippen LogP contribution is -2.30. The molecular weight excluding hydrogens is 454 g/mol. The van der Waals surface area contributed by atoms with E-state index in [2.05, 4.69) is 10.3 Å². The monoisotopic (exact) mass is 485 g/mol. The highest BCUT2D eigenvalue weighted by atomic mass is 32.2. The topological polar surface area (TPSA) is 79.4 Å². The molecule has 0 fully saturated rings. The number of thioether (sulfide) groups is 1. The van der Waals surface area contributed by atoms with Crippen LogP contribution >= 0.6 is 11.8 Å². The summed E-state index contributed by atoms with van der Waals surface area (Å²) in [5.74, 6) is -0.0906. The fraction of sp³-hybridized carbons (Fsp3) is 0.360. The summed E-state index contributed by atoms with van der Waals surface area (Å²) in [6.07, 6.45) is 0. The summed E-state index contributed by atoms with van der Waals surface area (Å²) in [6.45, 7) is 12.3. The predicted octanol–water partition coefficient (Wildman–Crippen LogP) is 5.31. The fourth-order valence-electron chi connectivity index (χ4n) is 3.70. The fourth-order valence-corrected chi connectivity index (χ4v) is 6.11. The number of hydrogen-bond donors (Lipinski definition) is 1. The summed E-state index contributed by atoms with van der Waals surface area (Å²) >= 11 is 1.38. The van der Waals surface area contributed by atoms with Gasteiger partial charge in [0.05, 0.1) is 20.7 Å². The van der Waals surface area contributed by atoms with Crippen LogP contribution in [0.2, 0.25) is 0 Å². The quantitative estimate of drug-likeness (QED) is 0.438. The maximum absolute atomic E-state index is 12.9. The van der Waals surface area contributed by atoms with Crippen LogP contribution in [0.3, 0.4) is 0 Å². The molecule has 176 valence electrons. The van der Waals surface area contributed by atoms with Crippen molar-refractivity contribution < 1.29 is 13.2 Å². The van der Waals surface area contributed by atoms with Crippen molar-refractivity contribution in [3.8, 4) is 0 Å². The number of amides is 1. The summed E-state index contributed by atoms with van der Waals surface area (Å²) in [4.78, 5) is 17.7. The lowest BCUT2D eigenvalue weighted by molar-refractivity contribution is -0.115. The van der Waals surface area contributed by atoms with Crippen molar-refractivity contribution in [3.05, 3.63) is 59.2 Å². The number of carbonyl (C=O) groups excluding carboxylic acids is 1. The molecule has 33 heavy (non-hydrogen) atoms. The van der Waals surface area contributed by atoms with Gasteiger partial charge in [0.2, 0.25) is 15.9 Å². The van der Waals surface area contributed by atoms with Gasteiger partial charge in [-0.1, -0.05) is 43.3 Å². The number of fused-ring (bicyclic) bond motifs is 1. The Bertz CT molecular complexity index is 1290. The minimum atomic E-state index is -3.54. The number of anilines is 1. The zero-order chi connectivity index (χ0) is 24.3. The van der Waals surface area contributed by atoms with Crippen molar-refractivity contribution in [2.75, 3.05) is 18.4 Å². The second kappa shape index (κ2) is 10.2. The Morgan fingerprint density at radius 2 is 1.73 bits per heavy atom. The summed E-state index contributed by atoms with van der Waals surface area (Å²) in [5.41, 5.74) is 4.61. The van der Waals surface area contributed by atoms with E-state index in [-0.39, 0.29) is 16.1 Å². The van der Waals surface area contributed by atoms with E-state index in [9.17, 15) is 13.2 Å². The maximum atomic E-state index is 12.9. The molecule has 1 aromatic heterocycles. The Kier molecular flexibility index (Phi) is 7.82. The third-order valence-corrected chi connectivity index (χ3v) is 8.68. The van der Waals surface area contributed by atoms with Gasteiger partial charge < -0.3 is 5.32 Å². The third-order valence-electron chi connectivity index (χ3n) is 5.61. The Morgan fingerprint density at radius 3 is 2.36 bits per heavy atom. The van der Waals surface area contributed by atoms with Crippen LogP contribution in [-0.2, 0) is 14.8 Å². The van der Waals surface area contributed by atoms with Crippen LogP contribution in [0.5, 0.6) is 0 Å².